The summed E-state index contributed by atoms with van der Waals surface area (Å²) in [5.74, 6) is 0.933. The first kappa shape index (κ1) is 27.1. The van der Waals surface area contributed by atoms with Crippen LogP contribution in [0, 0.1) is 0 Å². The molecule has 1 N–H and O–H groups in total. The highest BCUT2D eigenvalue weighted by Crippen LogP contribution is 2.44. The molecule has 1 aromatic heterocycles. The predicted molar refractivity (Wildman–Crippen MR) is 154 cm³/mol. The van der Waals surface area contributed by atoms with Crippen molar-refractivity contribution in [3.05, 3.63) is 100 Å². The number of hydrogen-bond acceptors (Lipinski definition) is 5. The van der Waals surface area contributed by atoms with Crippen LogP contribution in [-0.4, -0.2) is 55.5 Å². The third kappa shape index (κ3) is 6.50. The van der Waals surface area contributed by atoms with E-state index in [0.29, 0.717) is 18.7 Å². The molecule has 1 unspecified atom stereocenters. The van der Waals surface area contributed by atoms with Gasteiger partial charge in [0.1, 0.15) is 5.75 Å². The first-order valence-corrected chi connectivity index (χ1v) is 13.3. The molecule has 0 aliphatic rings. The maximum atomic E-state index is 12.6. The molecule has 4 rings (SSSR count). The maximum absolute atomic E-state index is 12.6. The molecule has 6 heteroatoms. The lowest BCUT2D eigenvalue weighted by Gasteiger charge is -2.38. The Kier molecular flexibility index (Phi) is 8.85. The number of ether oxygens (including phenoxy) is 2. The predicted octanol–water partition coefficient (Wildman–Crippen LogP) is 6.46. The summed E-state index contributed by atoms with van der Waals surface area (Å²) in [5, 5.41) is 13.6. The third-order valence-electron chi connectivity index (χ3n) is 6.94. The van der Waals surface area contributed by atoms with E-state index in [9.17, 15) is 5.11 Å². The van der Waals surface area contributed by atoms with Crippen LogP contribution in [0.3, 0.4) is 0 Å². The number of halogens is 1. The zero-order chi connectivity index (χ0) is 26.4. The zero-order valence-corrected chi connectivity index (χ0v) is 23.5. The van der Waals surface area contributed by atoms with Crippen LogP contribution >= 0.6 is 15.9 Å². The Morgan fingerprint density at radius 1 is 0.919 bits per heavy atom. The van der Waals surface area contributed by atoms with Gasteiger partial charge in [-0.05, 0) is 80.9 Å². The number of pyridine rings is 1. The molecule has 37 heavy (non-hydrogen) atoms. The minimum atomic E-state index is -1.07. The molecule has 0 spiro atoms. The van der Waals surface area contributed by atoms with Crippen LogP contribution in [0.15, 0.2) is 83.3 Å². The minimum Gasteiger partial charge on any atom is -0.497 e. The summed E-state index contributed by atoms with van der Waals surface area (Å²) in [4.78, 5) is 6.97. The average molecular weight is 564 g/mol. The second kappa shape index (κ2) is 12.1. The fraction of sp³-hybridized carbons (Fsp3) is 0.323. The maximum Gasteiger partial charge on any atom is 0.217 e. The van der Waals surface area contributed by atoms with Crippen molar-refractivity contribution in [3.63, 3.8) is 0 Å². The normalized spacial score (nSPS) is 13.9. The van der Waals surface area contributed by atoms with E-state index in [-0.39, 0.29) is 5.92 Å². The van der Waals surface area contributed by atoms with Gasteiger partial charge in [-0.3, -0.25) is 0 Å². The van der Waals surface area contributed by atoms with Crippen LogP contribution in [0.5, 0.6) is 11.6 Å². The molecule has 3 aromatic carbocycles. The summed E-state index contributed by atoms with van der Waals surface area (Å²) in [6, 6.07) is 26.4. The van der Waals surface area contributed by atoms with E-state index in [2.05, 4.69) is 45.1 Å². The number of methoxy groups -OCH3 is 2. The first-order valence-electron chi connectivity index (χ1n) is 12.5. The summed E-state index contributed by atoms with van der Waals surface area (Å²) < 4.78 is 12.3. The standard InChI is InChI=1S/C31H35BrN2O3/c1-34(2)19-18-31(35,17-16-22-8-6-5-7-9-22)29(23-10-13-26(36-3)14-11-23)27-21-24-20-25(32)12-15-28(24)33-30(27)37-4/h5-15,20-21,29,35H,16-19H2,1-4H3/t29?,31-/m1/s1. The van der Waals surface area contributed by atoms with E-state index < -0.39 is 5.60 Å². The highest BCUT2D eigenvalue weighted by Gasteiger charge is 2.40. The molecular weight excluding hydrogens is 528 g/mol. The number of aryl methyl sites for hydroxylation is 1. The van der Waals surface area contributed by atoms with E-state index in [4.69, 9.17) is 14.5 Å². The van der Waals surface area contributed by atoms with Crippen LogP contribution in [-0.2, 0) is 6.42 Å². The van der Waals surface area contributed by atoms with Gasteiger partial charge in [-0.25, -0.2) is 4.98 Å². The lowest BCUT2D eigenvalue weighted by atomic mass is 9.72. The average Bonchev–Trinajstić information content (AvgIpc) is 2.91. The van der Waals surface area contributed by atoms with Crippen molar-refractivity contribution >= 4 is 26.8 Å². The molecule has 0 saturated carbocycles. The number of hydrogen-bond donors (Lipinski definition) is 1. The lowest BCUT2D eigenvalue weighted by Crippen LogP contribution is -2.40. The van der Waals surface area contributed by atoms with Gasteiger partial charge in [-0.1, -0.05) is 58.4 Å². The Balaban J connectivity index is 1.89. The molecular formula is C31H35BrN2O3. The number of nitrogens with zero attached hydrogens (tertiary/aromatic N) is 2. The molecule has 0 aliphatic heterocycles. The molecule has 0 saturated heterocycles. The van der Waals surface area contributed by atoms with Gasteiger partial charge in [0.15, 0.2) is 0 Å². The van der Waals surface area contributed by atoms with Gasteiger partial charge < -0.3 is 19.5 Å². The Bertz CT molecular complexity index is 1310. The van der Waals surface area contributed by atoms with E-state index in [1.54, 1.807) is 14.2 Å². The highest BCUT2D eigenvalue weighted by atomic mass is 79.9. The molecule has 0 fully saturated rings. The van der Waals surface area contributed by atoms with Crippen LogP contribution in [0.2, 0.25) is 0 Å². The van der Waals surface area contributed by atoms with Crippen molar-refractivity contribution in [1.82, 2.24) is 9.88 Å². The molecule has 5 nitrogen and oxygen atoms in total. The summed E-state index contributed by atoms with van der Waals surface area (Å²) in [6.07, 6.45) is 1.93. The van der Waals surface area contributed by atoms with E-state index >= 15 is 0 Å². The van der Waals surface area contributed by atoms with Gasteiger partial charge in [0.25, 0.3) is 0 Å². The van der Waals surface area contributed by atoms with Crippen molar-refractivity contribution in [2.75, 3.05) is 34.9 Å². The second-order valence-corrected chi connectivity index (χ2v) is 10.7. The van der Waals surface area contributed by atoms with E-state index in [1.165, 1.54) is 5.56 Å². The van der Waals surface area contributed by atoms with Gasteiger partial charge in [0, 0.05) is 27.9 Å². The van der Waals surface area contributed by atoms with E-state index in [1.807, 2.05) is 68.7 Å². The Morgan fingerprint density at radius 3 is 2.30 bits per heavy atom. The minimum absolute atomic E-state index is 0.368. The SMILES string of the molecule is COc1ccc(C(c2cc3cc(Br)ccc3nc2OC)[C@@](O)(CCc2ccccc2)CCN(C)C)cc1. The molecule has 0 radical (unpaired) electrons. The Morgan fingerprint density at radius 2 is 1.65 bits per heavy atom. The number of fused-ring (bicyclic) bond motifs is 1. The Hall–Kier alpha value is -2.93. The fourth-order valence-electron chi connectivity index (χ4n) is 4.93. The van der Waals surface area contributed by atoms with Crippen LogP contribution < -0.4 is 9.47 Å². The molecule has 194 valence electrons. The lowest BCUT2D eigenvalue weighted by molar-refractivity contribution is 0.000764. The largest absolute Gasteiger partial charge is 0.497 e. The van der Waals surface area contributed by atoms with Gasteiger partial charge in [-0.15, -0.1) is 0 Å². The van der Waals surface area contributed by atoms with Crippen molar-refractivity contribution in [2.45, 2.75) is 30.8 Å². The van der Waals surface area contributed by atoms with Gasteiger partial charge >= 0.3 is 0 Å². The third-order valence-corrected chi connectivity index (χ3v) is 7.43. The van der Waals surface area contributed by atoms with Gasteiger partial charge in [0.2, 0.25) is 5.88 Å². The summed E-state index contributed by atoms with van der Waals surface area (Å²) >= 11 is 3.59. The van der Waals surface area contributed by atoms with Gasteiger partial charge in [0.05, 0.1) is 25.3 Å². The number of aromatic nitrogens is 1. The molecule has 0 aliphatic carbocycles. The highest BCUT2D eigenvalue weighted by molar-refractivity contribution is 9.10. The second-order valence-electron chi connectivity index (χ2n) is 9.77. The Labute approximate surface area is 228 Å². The monoisotopic (exact) mass is 562 g/mol. The van der Waals surface area contributed by atoms with Crippen molar-refractivity contribution in [1.29, 1.82) is 0 Å². The summed E-state index contributed by atoms with van der Waals surface area (Å²) in [7, 11) is 7.38. The molecule has 0 bridgehead atoms. The van der Waals surface area contributed by atoms with Crippen LogP contribution in [0.4, 0.5) is 0 Å². The number of rotatable bonds is 11. The van der Waals surface area contributed by atoms with Crippen molar-refractivity contribution in [3.8, 4) is 11.6 Å². The van der Waals surface area contributed by atoms with Crippen molar-refractivity contribution in [2.24, 2.45) is 0 Å². The summed E-state index contributed by atoms with van der Waals surface area (Å²) in [6.45, 7) is 0.743. The number of aliphatic hydroxyl groups is 1. The van der Waals surface area contributed by atoms with E-state index in [0.717, 1.165) is 45.2 Å². The number of benzene rings is 3. The van der Waals surface area contributed by atoms with Gasteiger partial charge in [-0.2, -0.15) is 0 Å². The zero-order valence-electron chi connectivity index (χ0n) is 21.9. The molecule has 2 atom stereocenters. The molecule has 4 aromatic rings. The molecule has 1 heterocycles. The first-order chi connectivity index (χ1) is 17.8. The van der Waals surface area contributed by atoms with Crippen LogP contribution in [0.25, 0.3) is 10.9 Å². The molecule has 0 amide bonds. The van der Waals surface area contributed by atoms with Crippen LogP contribution in [0.1, 0.15) is 35.4 Å². The topological polar surface area (TPSA) is 54.8 Å². The van der Waals surface area contributed by atoms with Crippen molar-refractivity contribution < 1.29 is 14.6 Å². The fourth-order valence-corrected chi connectivity index (χ4v) is 5.31. The summed E-state index contributed by atoms with van der Waals surface area (Å²) in [5.41, 5.74) is 2.84. The quantitative estimate of drug-likeness (QED) is 0.227. The smallest absolute Gasteiger partial charge is 0.217 e.